The van der Waals surface area contributed by atoms with E-state index < -0.39 is 83.2 Å². The summed E-state index contributed by atoms with van der Waals surface area (Å²) in [5, 5.41) is 44.0. The van der Waals surface area contributed by atoms with Gasteiger partial charge in [-0.05, 0) is 12.8 Å². The molecule has 0 heterocycles. The number of halogens is 2. The summed E-state index contributed by atoms with van der Waals surface area (Å²) >= 11 is 11.6. The SMILES string of the molecule is CCc1c(S(=O)(=O)c2cc([N+](=O)[O-])c(Cl)c([N+](=O)[O-])c2CC)cc([N+](=O)[O-])c(Cl)c1[N+](=O)[O-]. The molecule has 2 aromatic carbocycles. The first-order chi connectivity index (χ1) is 15.2. The van der Waals surface area contributed by atoms with Crippen LogP contribution >= 0.6 is 23.2 Å². The van der Waals surface area contributed by atoms with Gasteiger partial charge in [0, 0.05) is 12.1 Å². The lowest BCUT2D eigenvalue weighted by Crippen LogP contribution is -2.13. The molecule has 176 valence electrons. The summed E-state index contributed by atoms with van der Waals surface area (Å²) in [7, 11) is -5.02. The number of nitrogens with zero attached hydrogens (tertiary/aromatic N) is 4. The van der Waals surface area contributed by atoms with Crippen LogP contribution in [0.15, 0.2) is 21.9 Å². The molecule has 2 aromatic rings. The molecule has 0 saturated carbocycles. The van der Waals surface area contributed by atoms with Crippen LogP contribution in [0.3, 0.4) is 0 Å². The monoisotopic (exact) mass is 522 g/mol. The van der Waals surface area contributed by atoms with Crippen LogP contribution in [-0.4, -0.2) is 28.1 Å². The van der Waals surface area contributed by atoms with E-state index in [1.165, 1.54) is 13.8 Å². The third-order valence-corrected chi connectivity index (χ3v) is 7.24. The van der Waals surface area contributed by atoms with Gasteiger partial charge in [0.2, 0.25) is 9.84 Å². The fourth-order valence-corrected chi connectivity index (χ4v) is 5.73. The van der Waals surface area contributed by atoms with E-state index in [1.54, 1.807) is 0 Å². The Kier molecular flexibility index (Phi) is 7.20. The van der Waals surface area contributed by atoms with Crippen molar-refractivity contribution in [1.82, 2.24) is 0 Å². The number of nitro groups is 4. The Morgan fingerprint density at radius 3 is 1.21 bits per heavy atom. The maximum Gasteiger partial charge on any atom is 0.299 e. The zero-order chi connectivity index (χ0) is 25.4. The fourth-order valence-electron chi connectivity index (χ4n) is 3.22. The topological polar surface area (TPSA) is 207 Å². The average Bonchev–Trinajstić information content (AvgIpc) is 2.70. The van der Waals surface area contributed by atoms with Crippen molar-refractivity contribution in [2.24, 2.45) is 0 Å². The Labute approximate surface area is 194 Å². The van der Waals surface area contributed by atoms with Gasteiger partial charge in [0.05, 0.1) is 40.6 Å². The highest BCUT2D eigenvalue weighted by atomic mass is 35.5. The van der Waals surface area contributed by atoms with Crippen molar-refractivity contribution >= 4 is 55.8 Å². The van der Waals surface area contributed by atoms with Crippen molar-refractivity contribution in [1.29, 1.82) is 0 Å². The summed E-state index contributed by atoms with van der Waals surface area (Å²) in [6, 6.07) is 0.963. The molecule has 0 aliphatic rings. The van der Waals surface area contributed by atoms with Crippen LogP contribution in [0.1, 0.15) is 25.0 Å². The number of sulfone groups is 1. The van der Waals surface area contributed by atoms with Crippen molar-refractivity contribution < 1.29 is 28.1 Å². The van der Waals surface area contributed by atoms with Crippen molar-refractivity contribution in [3.05, 3.63) is 73.8 Å². The normalized spacial score (nSPS) is 11.3. The van der Waals surface area contributed by atoms with E-state index in [-0.39, 0.29) is 12.8 Å². The second-order valence-electron chi connectivity index (χ2n) is 6.31. The first kappa shape index (κ1) is 25.8. The largest absolute Gasteiger partial charge is 0.299 e. The fraction of sp³-hybridized carbons (Fsp3) is 0.250. The predicted molar refractivity (Wildman–Crippen MR) is 114 cm³/mol. The van der Waals surface area contributed by atoms with Crippen LogP contribution < -0.4 is 0 Å². The summed E-state index contributed by atoms with van der Waals surface area (Å²) in [6.45, 7) is 2.63. The average molecular weight is 523 g/mol. The molecular formula is C16H12Cl2N4O10S. The quantitative estimate of drug-likeness (QED) is 0.347. The number of rotatable bonds is 8. The molecule has 33 heavy (non-hydrogen) atoms. The molecule has 14 nitrogen and oxygen atoms in total. The lowest BCUT2D eigenvalue weighted by Gasteiger charge is -2.14. The Balaban J connectivity index is 3.17. The number of hydrogen-bond donors (Lipinski definition) is 0. The molecule has 0 saturated heterocycles. The number of nitro benzene ring substituents is 4. The standard InChI is InChI=1S/C16H12Cl2N4O10S/c1-3-7-11(5-9(19(23)24)13(17)15(7)21(27)28)33(31,32)12-6-10(20(25)26)14(18)16(22(29)30)8(12)4-2/h5-6H,3-4H2,1-2H3. The zero-order valence-corrected chi connectivity index (χ0v) is 18.9. The van der Waals surface area contributed by atoms with E-state index in [4.69, 9.17) is 23.2 Å². The van der Waals surface area contributed by atoms with Crippen molar-refractivity contribution in [3.63, 3.8) is 0 Å². The van der Waals surface area contributed by atoms with Crippen LogP contribution in [0.25, 0.3) is 0 Å². The zero-order valence-electron chi connectivity index (χ0n) is 16.6. The maximum atomic E-state index is 13.5. The van der Waals surface area contributed by atoms with Gasteiger partial charge in [-0.25, -0.2) is 8.42 Å². The second-order valence-corrected chi connectivity index (χ2v) is 8.95. The third kappa shape index (κ3) is 4.29. The molecule has 0 fully saturated rings. The molecule has 0 aromatic heterocycles. The molecule has 0 unspecified atom stereocenters. The van der Waals surface area contributed by atoms with Crippen LogP contribution in [0.2, 0.25) is 10.0 Å². The van der Waals surface area contributed by atoms with E-state index in [0.29, 0.717) is 12.1 Å². The molecule has 0 radical (unpaired) electrons. The van der Waals surface area contributed by atoms with Gasteiger partial charge in [0.15, 0.2) is 10.0 Å². The van der Waals surface area contributed by atoms with Gasteiger partial charge in [0.25, 0.3) is 22.7 Å². The first-order valence-corrected chi connectivity index (χ1v) is 11.0. The molecule has 0 bridgehead atoms. The lowest BCUT2D eigenvalue weighted by atomic mass is 10.1. The summed E-state index contributed by atoms with van der Waals surface area (Å²) in [4.78, 5) is 39.5. The van der Waals surface area contributed by atoms with E-state index >= 15 is 0 Å². The third-order valence-electron chi connectivity index (χ3n) is 4.61. The number of benzene rings is 2. The van der Waals surface area contributed by atoms with Gasteiger partial charge < -0.3 is 0 Å². The summed E-state index contributed by atoms with van der Waals surface area (Å²) in [5.74, 6) is 0. The molecule has 0 spiro atoms. The van der Waals surface area contributed by atoms with Gasteiger partial charge in [-0.1, -0.05) is 37.0 Å². The van der Waals surface area contributed by atoms with Crippen LogP contribution in [-0.2, 0) is 22.7 Å². The van der Waals surface area contributed by atoms with E-state index in [0.717, 1.165) is 0 Å². The van der Waals surface area contributed by atoms with Crippen molar-refractivity contribution in [2.75, 3.05) is 0 Å². The molecule has 0 N–H and O–H groups in total. The van der Waals surface area contributed by atoms with E-state index in [1.807, 2.05) is 0 Å². The van der Waals surface area contributed by atoms with Crippen molar-refractivity contribution in [3.8, 4) is 0 Å². The maximum absolute atomic E-state index is 13.5. The highest BCUT2D eigenvalue weighted by Gasteiger charge is 2.39. The minimum atomic E-state index is -5.02. The van der Waals surface area contributed by atoms with Crippen molar-refractivity contribution in [2.45, 2.75) is 36.5 Å². The summed E-state index contributed by atoms with van der Waals surface area (Å²) < 4.78 is 27.1. The van der Waals surface area contributed by atoms with E-state index in [9.17, 15) is 48.9 Å². The van der Waals surface area contributed by atoms with Crippen LogP contribution in [0.4, 0.5) is 22.7 Å². The van der Waals surface area contributed by atoms with Gasteiger partial charge in [-0.3, -0.25) is 40.5 Å². The second kappa shape index (κ2) is 9.21. The van der Waals surface area contributed by atoms with Gasteiger partial charge in [-0.2, -0.15) is 0 Å². The summed E-state index contributed by atoms with van der Waals surface area (Å²) in [5.41, 5.74) is -5.31. The molecule has 0 amide bonds. The Morgan fingerprint density at radius 2 is 1.00 bits per heavy atom. The molecular weight excluding hydrogens is 511 g/mol. The van der Waals surface area contributed by atoms with Crippen LogP contribution in [0.5, 0.6) is 0 Å². The van der Waals surface area contributed by atoms with Gasteiger partial charge in [-0.15, -0.1) is 0 Å². The smallest absolute Gasteiger partial charge is 0.258 e. The Bertz CT molecular complexity index is 1250. The molecule has 0 aliphatic heterocycles. The number of hydrogen-bond acceptors (Lipinski definition) is 10. The van der Waals surface area contributed by atoms with Gasteiger partial charge in [0.1, 0.15) is 0 Å². The molecule has 0 atom stereocenters. The highest BCUT2D eigenvalue weighted by molar-refractivity contribution is 7.91. The molecule has 17 heteroatoms. The minimum Gasteiger partial charge on any atom is -0.258 e. The molecule has 0 aliphatic carbocycles. The first-order valence-electron chi connectivity index (χ1n) is 8.75. The van der Waals surface area contributed by atoms with Gasteiger partial charge >= 0.3 is 0 Å². The predicted octanol–water partition coefficient (Wildman–Crippen LogP) is 4.58. The lowest BCUT2D eigenvalue weighted by molar-refractivity contribution is -0.394. The highest BCUT2D eigenvalue weighted by Crippen LogP contribution is 2.46. The summed E-state index contributed by atoms with van der Waals surface area (Å²) in [6.07, 6.45) is -0.663. The Hall–Kier alpha value is -3.43. The minimum absolute atomic E-state index is 0.332. The molecule has 2 rings (SSSR count). The van der Waals surface area contributed by atoms with Crippen LogP contribution in [0, 0.1) is 40.5 Å². The Morgan fingerprint density at radius 1 is 0.697 bits per heavy atom. The van der Waals surface area contributed by atoms with E-state index in [2.05, 4.69) is 0 Å².